The summed E-state index contributed by atoms with van der Waals surface area (Å²) in [6, 6.07) is 0.276. The predicted molar refractivity (Wildman–Crippen MR) is 70.5 cm³/mol. The van der Waals surface area contributed by atoms with E-state index in [1.807, 2.05) is 18.7 Å². The van der Waals surface area contributed by atoms with E-state index < -0.39 is 6.09 Å². The number of hydrogen-bond donors (Lipinski definition) is 1. The fourth-order valence-electron chi connectivity index (χ4n) is 1.96. The molecule has 1 unspecified atom stereocenters. The maximum Gasteiger partial charge on any atom is 0.433 e. The van der Waals surface area contributed by atoms with Crippen LogP contribution in [-0.2, 0) is 4.84 Å². The molecule has 0 bridgehead atoms. The SMILES string of the molecule is C/C(=N/OC(=O)NC1CCCCC1)C1(C)CS1. The first kappa shape index (κ1) is 12.7. The molecule has 0 aromatic heterocycles. The van der Waals surface area contributed by atoms with Crippen molar-refractivity contribution in [2.75, 3.05) is 5.75 Å². The van der Waals surface area contributed by atoms with Crippen LogP contribution in [0.5, 0.6) is 0 Å². The van der Waals surface area contributed by atoms with Crippen LogP contribution in [-0.4, -0.2) is 28.3 Å². The highest BCUT2D eigenvalue weighted by Crippen LogP contribution is 2.45. The van der Waals surface area contributed by atoms with Crippen LogP contribution in [0.3, 0.4) is 0 Å². The molecule has 1 heterocycles. The van der Waals surface area contributed by atoms with E-state index in [0.717, 1.165) is 24.3 Å². The molecule has 2 rings (SSSR count). The molecule has 1 amide bonds. The van der Waals surface area contributed by atoms with Crippen molar-refractivity contribution in [1.29, 1.82) is 0 Å². The summed E-state index contributed by atoms with van der Waals surface area (Å²) in [4.78, 5) is 16.4. The number of carbonyl (C=O) groups is 1. The number of rotatable bonds is 3. The lowest BCUT2D eigenvalue weighted by Gasteiger charge is -2.21. The molecule has 1 N–H and O–H groups in total. The molecular formula is C12H20N2O2S. The zero-order chi connectivity index (χ0) is 12.3. The average molecular weight is 256 g/mol. The number of amides is 1. The van der Waals surface area contributed by atoms with Gasteiger partial charge in [0.2, 0.25) is 0 Å². The number of hydrogen-bond acceptors (Lipinski definition) is 4. The summed E-state index contributed by atoms with van der Waals surface area (Å²) in [6.45, 7) is 4.02. The van der Waals surface area contributed by atoms with Crippen molar-refractivity contribution < 1.29 is 9.63 Å². The second kappa shape index (κ2) is 5.29. The molecule has 5 heteroatoms. The fourth-order valence-corrected chi connectivity index (χ4v) is 2.64. The molecule has 1 saturated heterocycles. The van der Waals surface area contributed by atoms with Crippen molar-refractivity contribution in [3.05, 3.63) is 0 Å². The summed E-state index contributed by atoms with van der Waals surface area (Å²) in [5, 5.41) is 6.78. The van der Waals surface area contributed by atoms with Gasteiger partial charge in [-0.15, -0.1) is 11.8 Å². The average Bonchev–Trinajstić information content (AvgIpc) is 3.07. The van der Waals surface area contributed by atoms with Gasteiger partial charge in [0.1, 0.15) is 0 Å². The molecule has 2 aliphatic rings. The molecule has 1 aliphatic carbocycles. The van der Waals surface area contributed by atoms with Crippen LogP contribution in [0.2, 0.25) is 0 Å². The van der Waals surface area contributed by atoms with E-state index in [1.54, 1.807) is 0 Å². The van der Waals surface area contributed by atoms with Gasteiger partial charge in [-0.3, -0.25) is 4.84 Å². The Morgan fingerprint density at radius 3 is 2.65 bits per heavy atom. The third-order valence-corrected chi connectivity index (χ3v) is 4.99. The Morgan fingerprint density at radius 2 is 2.06 bits per heavy atom. The first-order chi connectivity index (χ1) is 8.10. The second-order valence-corrected chi connectivity index (χ2v) is 6.53. The molecular weight excluding hydrogens is 236 g/mol. The van der Waals surface area contributed by atoms with E-state index in [-0.39, 0.29) is 10.8 Å². The summed E-state index contributed by atoms with van der Waals surface area (Å²) in [7, 11) is 0. The van der Waals surface area contributed by atoms with Crippen molar-refractivity contribution in [2.45, 2.75) is 56.7 Å². The maximum atomic E-state index is 11.5. The zero-order valence-electron chi connectivity index (χ0n) is 10.5. The Bertz CT molecular complexity index is 320. The third kappa shape index (κ3) is 3.63. The van der Waals surface area contributed by atoms with Gasteiger partial charge in [0.05, 0.1) is 10.5 Å². The minimum Gasteiger partial charge on any atom is -0.317 e. The van der Waals surface area contributed by atoms with Crippen molar-refractivity contribution in [3.8, 4) is 0 Å². The van der Waals surface area contributed by atoms with Gasteiger partial charge in [-0.25, -0.2) is 4.79 Å². The molecule has 1 saturated carbocycles. The van der Waals surface area contributed by atoms with Crippen LogP contribution in [0.15, 0.2) is 5.16 Å². The quantitative estimate of drug-likeness (QED) is 0.365. The van der Waals surface area contributed by atoms with Crippen LogP contribution < -0.4 is 5.32 Å². The summed E-state index contributed by atoms with van der Waals surface area (Å²) in [5.41, 5.74) is 0.890. The lowest BCUT2D eigenvalue weighted by Crippen LogP contribution is -2.36. The zero-order valence-corrected chi connectivity index (χ0v) is 11.3. The molecule has 1 aliphatic heterocycles. The van der Waals surface area contributed by atoms with Gasteiger partial charge in [-0.1, -0.05) is 24.4 Å². The summed E-state index contributed by atoms with van der Waals surface area (Å²) >= 11 is 1.82. The highest BCUT2D eigenvalue weighted by Gasteiger charge is 2.42. The van der Waals surface area contributed by atoms with E-state index in [1.165, 1.54) is 19.3 Å². The smallest absolute Gasteiger partial charge is 0.317 e. The molecule has 4 nitrogen and oxygen atoms in total. The van der Waals surface area contributed by atoms with Crippen molar-refractivity contribution in [1.82, 2.24) is 5.32 Å². The van der Waals surface area contributed by atoms with Crippen molar-refractivity contribution in [3.63, 3.8) is 0 Å². The Morgan fingerprint density at radius 1 is 1.41 bits per heavy atom. The molecule has 1 atom stereocenters. The highest BCUT2D eigenvalue weighted by atomic mass is 32.2. The van der Waals surface area contributed by atoms with Crippen LogP contribution in [0, 0.1) is 0 Å². The topological polar surface area (TPSA) is 50.7 Å². The van der Waals surface area contributed by atoms with Gasteiger partial charge >= 0.3 is 6.09 Å². The molecule has 17 heavy (non-hydrogen) atoms. The monoisotopic (exact) mass is 256 g/mol. The first-order valence-corrected chi connectivity index (χ1v) is 7.25. The van der Waals surface area contributed by atoms with Crippen LogP contribution in [0.1, 0.15) is 46.0 Å². The van der Waals surface area contributed by atoms with Gasteiger partial charge in [0.15, 0.2) is 0 Å². The lowest BCUT2D eigenvalue weighted by molar-refractivity contribution is 0.143. The molecule has 0 radical (unpaired) electrons. The normalized spacial score (nSPS) is 29.9. The minimum atomic E-state index is -0.412. The van der Waals surface area contributed by atoms with E-state index in [2.05, 4.69) is 17.4 Å². The standard InChI is InChI=1S/C12H20N2O2S/c1-9(12(2)8-17-12)14-16-11(15)13-10-6-4-3-5-7-10/h10H,3-8H2,1-2H3,(H,13,15)/b14-9-. The molecule has 96 valence electrons. The first-order valence-electron chi connectivity index (χ1n) is 6.27. The Balaban J connectivity index is 1.73. The van der Waals surface area contributed by atoms with Crippen LogP contribution in [0.4, 0.5) is 4.79 Å². The number of carbonyl (C=O) groups excluding carboxylic acids is 1. The minimum absolute atomic E-state index is 0.102. The van der Waals surface area contributed by atoms with E-state index in [0.29, 0.717) is 0 Å². The van der Waals surface area contributed by atoms with Gasteiger partial charge in [-0.05, 0) is 26.7 Å². The molecule has 0 spiro atoms. The van der Waals surface area contributed by atoms with Crippen molar-refractivity contribution in [2.24, 2.45) is 5.16 Å². The van der Waals surface area contributed by atoms with Gasteiger partial charge in [0.25, 0.3) is 0 Å². The van der Waals surface area contributed by atoms with E-state index in [4.69, 9.17) is 4.84 Å². The second-order valence-electron chi connectivity index (χ2n) is 5.05. The van der Waals surface area contributed by atoms with E-state index in [9.17, 15) is 4.79 Å². The summed E-state index contributed by atoms with van der Waals surface area (Å²) < 4.78 is 0.102. The Hall–Kier alpha value is -0.710. The maximum absolute atomic E-state index is 11.5. The molecule has 0 aromatic rings. The largest absolute Gasteiger partial charge is 0.433 e. The van der Waals surface area contributed by atoms with Crippen LogP contribution >= 0.6 is 11.8 Å². The van der Waals surface area contributed by atoms with Gasteiger partial charge in [-0.2, -0.15) is 0 Å². The predicted octanol–water partition coefficient (Wildman–Crippen LogP) is 2.93. The van der Waals surface area contributed by atoms with E-state index >= 15 is 0 Å². The Kier molecular flexibility index (Phi) is 3.97. The number of thioether (sulfide) groups is 1. The third-order valence-electron chi connectivity index (χ3n) is 3.54. The van der Waals surface area contributed by atoms with Gasteiger partial charge < -0.3 is 5.32 Å². The fraction of sp³-hybridized carbons (Fsp3) is 0.833. The van der Waals surface area contributed by atoms with Crippen molar-refractivity contribution >= 4 is 23.6 Å². The van der Waals surface area contributed by atoms with Gasteiger partial charge in [0, 0.05) is 11.8 Å². The summed E-state index contributed by atoms with van der Waals surface area (Å²) in [5.74, 6) is 1.07. The molecule has 0 aromatic carbocycles. The highest BCUT2D eigenvalue weighted by molar-refractivity contribution is 8.08. The number of nitrogens with zero attached hydrogens (tertiary/aromatic N) is 1. The lowest BCUT2D eigenvalue weighted by atomic mass is 9.96. The number of oxime groups is 1. The van der Waals surface area contributed by atoms with Crippen LogP contribution in [0.25, 0.3) is 0 Å². The molecule has 2 fully saturated rings. The summed E-state index contributed by atoms with van der Waals surface area (Å²) in [6.07, 6.45) is 5.38. The number of nitrogens with one attached hydrogen (secondary N) is 1. The Labute approximate surface area is 107 Å².